The number of piperidine rings is 1. The molecule has 1 aromatic carbocycles. The van der Waals surface area contributed by atoms with Crippen LogP contribution in [0.1, 0.15) is 36.6 Å². The summed E-state index contributed by atoms with van der Waals surface area (Å²) in [6.07, 6.45) is 6.25. The van der Waals surface area contributed by atoms with Gasteiger partial charge in [-0.3, -0.25) is 5.10 Å². The maximum Gasteiger partial charge on any atom is 0.137 e. The summed E-state index contributed by atoms with van der Waals surface area (Å²) in [5.41, 5.74) is 1.37. The Balaban J connectivity index is 1.33. The number of H-pyrrole nitrogens is 1. The largest absolute Gasteiger partial charge is 0.493 e. The summed E-state index contributed by atoms with van der Waals surface area (Å²) in [5, 5.41) is 7.00. The highest BCUT2D eigenvalue weighted by Gasteiger charge is 2.25. The highest BCUT2D eigenvalue weighted by molar-refractivity contribution is 5.34. The first-order valence-corrected chi connectivity index (χ1v) is 8.67. The van der Waals surface area contributed by atoms with Crippen molar-refractivity contribution in [3.05, 3.63) is 42.0 Å². The minimum Gasteiger partial charge on any atom is -0.493 e. The molecule has 2 aliphatic rings. The Kier molecular flexibility index (Phi) is 4.28. The van der Waals surface area contributed by atoms with E-state index in [9.17, 15) is 0 Å². The zero-order valence-corrected chi connectivity index (χ0v) is 13.4. The van der Waals surface area contributed by atoms with Crippen LogP contribution in [0.5, 0.6) is 5.75 Å². The van der Waals surface area contributed by atoms with Gasteiger partial charge in [-0.1, -0.05) is 18.2 Å². The minimum absolute atomic E-state index is 0.548. The summed E-state index contributed by atoms with van der Waals surface area (Å²) in [5.74, 6) is 3.38. The SMILES string of the molecule is c1ccc2c(c1)C[C@@H](CN1CCC(c3ncn[nH]3)CC1)CCO2. The van der Waals surface area contributed by atoms with Gasteiger partial charge in [0.25, 0.3) is 0 Å². The highest BCUT2D eigenvalue weighted by atomic mass is 16.5. The number of nitrogens with zero attached hydrogens (tertiary/aromatic N) is 3. The van der Waals surface area contributed by atoms with Crippen LogP contribution in [0.2, 0.25) is 0 Å². The molecule has 0 radical (unpaired) electrons. The van der Waals surface area contributed by atoms with Gasteiger partial charge in [-0.15, -0.1) is 0 Å². The molecule has 1 aromatic heterocycles. The van der Waals surface area contributed by atoms with Crippen LogP contribution in [-0.2, 0) is 6.42 Å². The number of hydrogen-bond acceptors (Lipinski definition) is 4. The molecule has 3 heterocycles. The van der Waals surface area contributed by atoms with Crippen LogP contribution >= 0.6 is 0 Å². The van der Waals surface area contributed by atoms with Crippen LogP contribution < -0.4 is 4.74 Å². The maximum absolute atomic E-state index is 5.90. The summed E-state index contributed by atoms with van der Waals surface area (Å²) in [6, 6.07) is 8.49. The Morgan fingerprint density at radius 1 is 1.17 bits per heavy atom. The van der Waals surface area contributed by atoms with Crippen molar-refractivity contribution in [1.29, 1.82) is 0 Å². The molecule has 4 rings (SSSR count). The number of aromatic nitrogens is 3. The Hall–Kier alpha value is -1.88. The number of likely N-dealkylation sites (tertiary alicyclic amines) is 1. The van der Waals surface area contributed by atoms with E-state index in [1.54, 1.807) is 6.33 Å². The van der Waals surface area contributed by atoms with E-state index in [4.69, 9.17) is 4.74 Å². The molecule has 1 saturated heterocycles. The van der Waals surface area contributed by atoms with Crippen molar-refractivity contribution in [2.75, 3.05) is 26.2 Å². The third-order valence-corrected chi connectivity index (χ3v) is 5.19. The number of ether oxygens (including phenoxy) is 1. The Morgan fingerprint density at radius 2 is 2.04 bits per heavy atom. The third kappa shape index (κ3) is 3.39. The van der Waals surface area contributed by atoms with Gasteiger partial charge in [-0.05, 0) is 56.3 Å². The molecule has 1 atom stereocenters. The number of hydrogen-bond donors (Lipinski definition) is 1. The molecular formula is C18H24N4O. The molecule has 122 valence electrons. The van der Waals surface area contributed by atoms with Crippen molar-refractivity contribution in [3.63, 3.8) is 0 Å². The molecule has 23 heavy (non-hydrogen) atoms. The Labute approximate surface area is 137 Å². The zero-order valence-electron chi connectivity index (χ0n) is 13.4. The smallest absolute Gasteiger partial charge is 0.137 e. The second-order valence-electron chi connectivity index (χ2n) is 6.76. The van der Waals surface area contributed by atoms with Crippen LogP contribution in [0.3, 0.4) is 0 Å². The fourth-order valence-electron chi connectivity index (χ4n) is 3.88. The first-order valence-electron chi connectivity index (χ1n) is 8.67. The molecule has 5 nitrogen and oxygen atoms in total. The van der Waals surface area contributed by atoms with Crippen LogP contribution in [0, 0.1) is 5.92 Å². The molecule has 0 unspecified atom stereocenters. The number of aromatic amines is 1. The van der Waals surface area contributed by atoms with Crippen molar-refractivity contribution in [1.82, 2.24) is 20.1 Å². The van der Waals surface area contributed by atoms with E-state index < -0.39 is 0 Å². The van der Waals surface area contributed by atoms with E-state index in [-0.39, 0.29) is 0 Å². The molecule has 5 heteroatoms. The number of nitrogens with one attached hydrogen (secondary N) is 1. The summed E-state index contributed by atoms with van der Waals surface area (Å²) < 4.78 is 5.90. The van der Waals surface area contributed by atoms with E-state index in [0.29, 0.717) is 11.8 Å². The lowest BCUT2D eigenvalue weighted by atomic mass is 9.92. The van der Waals surface area contributed by atoms with E-state index in [0.717, 1.165) is 44.1 Å². The number of rotatable bonds is 3. The molecule has 0 spiro atoms. The number of fused-ring (bicyclic) bond motifs is 1. The molecule has 0 bridgehead atoms. The number of para-hydroxylation sites is 1. The topological polar surface area (TPSA) is 54.0 Å². The lowest BCUT2D eigenvalue weighted by molar-refractivity contribution is 0.170. The fraction of sp³-hybridized carbons (Fsp3) is 0.556. The molecule has 2 aliphatic heterocycles. The van der Waals surface area contributed by atoms with Crippen molar-refractivity contribution < 1.29 is 4.74 Å². The van der Waals surface area contributed by atoms with Gasteiger partial charge in [0.1, 0.15) is 17.9 Å². The van der Waals surface area contributed by atoms with Crippen molar-refractivity contribution in [2.24, 2.45) is 5.92 Å². The molecular weight excluding hydrogens is 288 g/mol. The van der Waals surface area contributed by atoms with Gasteiger partial charge in [0.2, 0.25) is 0 Å². The lowest BCUT2D eigenvalue weighted by Gasteiger charge is -2.33. The van der Waals surface area contributed by atoms with E-state index >= 15 is 0 Å². The second-order valence-corrected chi connectivity index (χ2v) is 6.76. The quantitative estimate of drug-likeness (QED) is 0.946. The normalized spacial score (nSPS) is 23.0. The van der Waals surface area contributed by atoms with Gasteiger partial charge in [0, 0.05) is 12.5 Å². The van der Waals surface area contributed by atoms with E-state index in [2.05, 4.69) is 44.3 Å². The minimum atomic E-state index is 0.548. The molecule has 0 aliphatic carbocycles. The fourth-order valence-corrected chi connectivity index (χ4v) is 3.88. The summed E-state index contributed by atoms with van der Waals surface area (Å²) in [6.45, 7) is 4.34. The van der Waals surface area contributed by atoms with Crippen molar-refractivity contribution in [2.45, 2.75) is 31.6 Å². The number of benzene rings is 1. The van der Waals surface area contributed by atoms with Crippen LogP contribution in [0.25, 0.3) is 0 Å². The average molecular weight is 312 g/mol. The van der Waals surface area contributed by atoms with Crippen LogP contribution in [0.4, 0.5) is 0 Å². The Morgan fingerprint density at radius 3 is 2.87 bits per heavy atom. The molecule has 0 amide bonds. The lowest BCUT2D eigenvalue weighted by Crippen LogP contribution is -2.37. The van der Waals surface area contributed by atoms with E-state index in [1.807, 2.05) is 0 Å². The van der Waals surface area contributed by atoms with Crippen LogP contribution in [0.15, 0.2) is 30.6 Å². The second kappa shape index (κ2) is 6.71. The zero-order chi connectivity index (χ0) is 15.5. The molecule has 2 aromatic rings. The molecule has 1 N–H and O–H groups in total. The summed E-state index contributed by atoms with van der Waals surface area (Å²) in [4.78, 5) is 6.93. The van der Waals surface area contributed by atoms with Crippen molar-refractivity contribution >= 4 is 0 Å². The maximum atomic E-state index is 5.90. The standard InChI is InChI=1S/C18H24N4O/c1-2-4-17-16(3-1)11-14(7-10-23-17)12-22-8-5-15(6-9-22)18-19-13-20-21-18/h1-4,13-15H,5-12H2,(H,19,20,21)/t14-/m0/s1. The monoisotopic (exact) mass is 312 g/mol. The van der Waals surface area contributed by atoms with Gasteiger partial charge in [-0.2, -0.15) is 5.10 Å². The summed E-state index contributed by atoms with van der Waals surface area (Å²) in [7, 11) is 0. The molecule has 1 fully saturated rings. The first-order chi connectivity index (χ1) is 11.4. The predicted molar refractivity (Wildman–Crippen MR) is 88.5 cm³/mol. The van der Waals surface area contributed by atoms with Gasteiger partial charge in [0.15, 0.2) is 0 Å². The van der Waals surface area contributed by atoms with E-state index in [1.165, 1.54) is 24.9 Å². The highest BCUT2D eigenvalue weighted by Crippen LogP contribution is 2.29. The molecule has 0 saturated carbocycles. The van der Waals surface area contributed by atoms with Crippen LogP contribution in [-0.4, -0.2) is 46.3 Å². The van der Waals surface area contributed by atoms with Crippen molar-refractivity contribution in [3.8, 4) is 5.75 Å². The van der Waals surface area contributed by atoms with Gasteiger partial charge in [0.05, 0.1) is 6.61 Å². The average Bonchev–Trinajstić information content (AvgIpc) is 3.04. The Bertz CT molecular complexity index is 620. The van der Waals surface area contributed by atoms with Gasteiger partial charge >= 0.3 is 0 Å². The van der Waals surface area contributed by atoms with Gasteiger partial charge < -0.3 is 9.64 Å². The third-order valence-electron chi connectivity index (χ3n) is 5.19. The predicted octanol–water partition coefficient (Wildman–Crippen LogP) is 2.63. The summed E-state index contributed by atoms with van der Waals surface area (Å²) >= 11 is 0. The van der Waals surface area contributed by atoms with Gasteiger partial charge in [-0.25, -0.2) is 4.98 Å². The first kappa shape index (κ1) is 14.7.